The Morgan fingerprint density at radius 2 is 2.24 bits per heavy atom. The van der Waals surface area contributed by atoms with E-state index in [4.69, 9.17) is 15.9 Å². The first kappa shape index (κ1) is 13.0. The van der Waals surface area contributed by atoms with Gasteiger partial charge < -0.3 is 15.8 Å². The summed E-state index contributed by atoms with van der Waals surface area (Å²) in [6.07, 6.45) is 0.446. The third kappa shape index (κ3) is 4.14. The molecular weight excluding hydrogens is 218 g/mol. The van der Waals surface area contributed by atoms with Gasteiger partial charge in [-0.1, -0.05) is 6.92 Å². The minimum atomic E-state index is -0.0227. The van der Waals surface area contributed by atoms with Crippen LogP contribution in [0.2, 0.25) is 0 Å². The van der Waals surface area contributed by atoms with Crippen molar-refractivity contribution in [2.45, 2.75) is 20.3 Å². The maximum atomic E-state index is 11.2. The van der Waals surface area contributed by atoms with Crippen molar-refractivity contribution in [3.05, 3.63) is 23.8 Å². The number of amidine groups is 1. The largest absolute Gasteiger partial charge is 0.486 e. The second kappa shape index (κ2) is 5.89. The SMILES string of the molecule is CCC(=O)Nc1ccc(OCC(=N)N)cc1C. The number of rotatable bonds is 5. The Kier molecular flexibility index (Phi) is 4.51. The van der Waals surface area contributed by atoms with E-state index >= 15 is 0 Å². The fourth-order valence-corrected chi connectivity index (χ4v) is 1.27. The van der Waals surface area contributed by atoms with Crippen LogP contribution in [0.25, 0.3) is 0 Å². The molecule has 0 bridgehead atoms. The monoisotopic (exact) mass is 235 g/mol. The van der Waals surface area contributed by atoms with Crippen LogP contribution in [0.1, 0.15) is 18.9 Å². The quantitative estimate of drug-likeness (QED) is 0.535. The van der Waals surface area contributed by atoms with Crippen LogP contribution in [-0.2, 0) is 4.79 Å². The molecule has 17 heavy (non-hydrogen) atoms. The standard InChI is InChI=1S/C12H17N3O2/c1-3-12(16)15-10-5-4-9(6-8(10)2)17-7-11(13)14/h4-6H,3,7H2,1-2H3,(H3,13,14)(H,15,16). The summed E-state index contributed by atoms with van der Waals surface area (Å²) in [4.78, 5) is 11.2. The Morgan fingerprint density at radius 3 is 2.76 bits per heavy atom. The van der Waals surface area contributed by atoms with Gasteiger partial charge in [0, 0.05) is 12.1 Å². The number of carbonyl (C=O) groups excluding carboxylic acids is 1. The average Bonchev–Trinajstić information content (AvgIpc) is 2.29. The van der Waals surface area contributed by atoms with E-state index in [9.17, 15) is 4.79 Å². The number of carbonyl (C=O) groups is 1. The zero-order valence-electron chi connectivity index (χ0n) is 10.0. The Hall–Kier alpha value is -2.04. The number of nitrogens with two attached hydrogens (primary N) is 1. The van der Waals surface area contributed by atoms with Gasteiger partial charge >= 0.3 is 0 Å². The molecule has 5 nitrogen and oxygen atoms in total. The van der Waals surface area contributed by atoms with Gasteiger partial charge in [0.1, 0.15) is 18.2 Å². The molecule has 1 amide bonds. The lowest BCUT2D eigenvalue weighted by Crippen LogP contribution is -2.19. The molecule has 0 saturated carbocycles. The Balaban J connectivity index is 2.72. The lowest BCUT2D eigenvalue weighted by Gasteiger charge is -2.10. The van der Waals surface area contributed by atoms with E-state index in [2.05, 4.69) is 5.32 Å². The second-order valence-electron chi connectivity index (χ2n) is 3.69. The van der Waals surface area contributed by atoms with Gasteiger partial charge in [0.2, 0.25) is 5.91 Å². The summed E-state index contributed by atoms with van der Waals surface area (Å²) in [5, 5.41) is 9.84. The number of anilines is 1. The van der Waals surface area contributed by atoms with Crippen LogP contribution in [0.15, 0.2) is 18.2 Å². The molecule has 0 radical (unpaired) electrons. The number of hydrogen-bond donors (Lipinski definition) is 3. The van der Waals surface area contributed by atoms with Crippen molar-refractivity contribution in [3.8, 4) is 5.75 Å². The molecule has 0 spiro atoms. The van der Waals surface area contributed by atoms with Crippen LogP contribution >= 0.6 is 0 Å². The molecule has 0 aromatic heterocycles. The van der Waals surface area contributed by atoms with E-state index in [1.165, 1.54) is 0 Å². The van der Waals surface area contributed by atoms with Gasteiger partial charge in [0.25, 0.3) is 0 Å². The molecule has 0 aliphatic heterocycles. The topological polar surface area (TPSA) is 88.2 Å². The van der Waals surface area contributed by atoms with Crippen LogP contribution < -0.4 is 15.8 Å². The fraction of sp³-hybridized carbons (Fsp3) is 0.333. The normalized spacial score (nSPS) is 9.76. The first-order chi connectivity index (χ1) is 8.02. The molecule has 0 aliphatic rings. The molecular formula is C12H17N3O2. The molecule has 1 rings (SSSR count). The van der Waals surface area contributed by atoms with Crippen molar-refractivity contribution in [1.29, 1.82) is 5.41 Å². The summed E-state index contributed by atoms with van der Waals surface area (Å²) in [5.41, 5.74) is 6.87. The molecule has 4 N–H and O–H groups in total. The summed E-state index contributed by atoms with van der Waals surface area (Å²) < 4.78 is 5.27. The highest BCUT2D eigenvalue weighted by molar-refractivity contribution is 5.91. The number of hydrogen-bond acceptors (Lipinski definition) is 3. The van der Waals surface area contributed by atoms with Crippen molar-refractivity contribution in [2.75, 3.05) is 11.9 Å². The molecule has 5 heteroatoms. The molecule has 0 unspecified atom stereocenters. The summed E-state index contributed by atoms with van der Waals surface area (Å²) in [6, 6.07) is 5.31. The third-order valence-electron chi connectivity index (χ3n) is 2.19. The Bertz CT molecular complexity index is 430. The van der Waals surface area contributed by atoms with E-state index in [-0.39, 0.29) is 18.3 Å². The fourth-order valence-electron chi connectivity index (χ4n) is 1.27. The molecule has 1 aromatic carbocycles. The predicted octanol–water partition coefficient (Wildman–Crippen LogP) is 1.66. The van der Waals surface area contributed by atoms with Gasteiger partial charge in [-0.15, -0.1) is 0 Å². The predicted molar refractivity (Wildman–Crippen MR) is 67.5 cm³/mol. The van der Waals surface area contributed by atoms with Gasteiger partial charge in [-0.05, 0) is 30.7 Å². The molecule has 0 saturated heterocycles. The number of aryl methyl sites for hydroxylation is 1. The van der Waals surface area contributed by atoms with E-state index in [1.807, 2.05) is 6.92 Å². The highest BCUT2D eigenvalue weighted by Gasteiger charge is 2.04. The Morgan fingerprint density at radius 1 is 1.53 bits per heavy atom. The summed E-state index contributed by atoms with van der Waals surface area (Å²) in [7, 11) is 0. The Labute approximate surface area is 100 Å². The molecule has 1 aromatic rings. The molecule has 0 aliphatic carbocycles. The van der Waals surface area contributed by atoms with E-state index in [1.54, 1.807) is 25.1 Å². The number of nitrogens with one attached hydrogen (secondary N) is 2. The minimum absolute atomic E-state index is 0.0222. The van der Waals surface area contributed by atoms with Crippen molar-refractivity contribution < 1.29 is 9.53 Å². The first-order valence-electron chi connectivity index (χ1n) is 5.39. The minimum Gasteiger partial charge on any atom is -0.486 e. The van der Waals surface area contributed by atoms with Crippen molar-refractivity contribution in [1.82, 2.24) is 0 Å². The summed E-state index contributed by atoms with van der Waals surface area (Å²) in [5.74, 6) is 0.587. The van der Waals surface area contributed by atoms with E-state index in [0.717, 1.165) is 11.3 Å². The van der Waals surface area contributed by atoms with E-state index < -0.39 is 0 Å². The number of amides is 1. The van der Waals surface area contributed by atoms with Crippen LogP contribution in [0.3, 0.4) is 0 Å². The third-order valence-corrected chi connectivity index (χ3v) is 2.19. The van der Waals surface area contributed by atoms with Crippen LogP contribution in [0.4, 0.5) is 5.69 Å². The van der Waals surface area contributed by atoms with E-state index in [0.29, 0.717) is 12.2 Å². The van der Waals surface area contributed by atoms with Gasteiger partial charge in [0.15, 0.2) is 0 Å². The van der Waals surface area contributed by atoms with Gasteiger partial charge in [0.05, 0.1) is 0 Å². The zero-order chi connectivity index (χ0) is 12.8. The summed E-state index contributed by atoms with van der Waals surface area (Å²) >= 11 is 0. The van der Waals surface area contributed by atoms with Gasteiger partial charge in [-0.25, -0.2) is 0 Å². The molecule has 0 fully saturated rings. The first-order valence-corrected chi connectivity index (χ1v) is 5.39. The lowest BCUT2D eigenvalue weighted by molar-refractivity contribution is -0.115. The van der Waals surface area contributed by atoms with Gasteiger partial charge in [-0.2, -0.15) is 0 Å². The van der Waals surface area contributed by atoms with Crippen molar-refractivity contribution >= 4 is 17.4 Å². The molecule has 0 atom stereocenters. The van der Waals surface area contributed by atoms with Crippen LogP contribution in [0.5, 0.6) is 5.75 Å². The highest BCUT2D eigenvalue weighted by atomic mass is 16.5. The second-order valence-corrected chi connectivity index (χ2v) is 3.69. The van der Waals surface area contributed by atoms with Gasteiger partial charge in [-0.3, -0.25) is 10.2 Å². The number of ether oxygens (including phenoxy) is 1. The van der Waals surface area contributed by atoms with Crippen molar-refractivity contribution in [2.24, 2.45) is 5.73 Å². The maximum absolute atomic E-state index is 11.2. The smallest absolute Gasteiger partial charge is 0.224 e. The summed E-state index contributed by atoms with van der Waals surface area (Å²) in [6.45, 7) is 3.75. The molecule has 0 heterocycles. The average molecular weight is 235 g/mol. The highest BCUT2D eigenvalue weighted by Crippen LogP contribution is 2.21. The maximum Gasteiger partial charge on any atom is 0.224 e. The lowest BCUT2D eigenvalue weighted by atomic mass is 10.2. The van der Waals surface area contributed by atoms with Crippen LogP contribution in [0, 0.1) is 12.3 Å². The molecule has 92 valence electrons. The zero-order valence-corrected chi connectivity index (χ0v) is 10.0. The van der Waals surface area contributed by atoms with Crippen LogP contribution in [-0.4, -0.2) is 18.3 Å². The number of benzene rings is 1. The van der Waals surface area contributed by atoms with Crippen molar-refractivity contribution in [3.63, 3.8) is 0 Å².